The lowest BCUT2D eigenvalue weighted by atomic mass is 10.4. The molecule has 0 unspecified atom stereocenters. The zero-order chi connectivity index (χ0) is 11.7. The highest BCUT2D eigenvalue weighted by atomic mass is 16.5. The maximum Gasteiger partial charge on any atom is 0.0590 e. The van der Waals surface area contributed by atoms with Crippen LogP contribution in [0.25, 0.3) is 0 Å². The molecule has 1 N–H and O–H groups in total. The second-order valence-electron chi connectivity index (χ2n) is 2.32. The smallest absolute Gasteiger partial charge is 0.0590 e. The highest BCUT2D eigenvalue weighted by molar-refractivity contribution is 4.40. The first-order valence-corrected chi connectivity index (χ1v) is 6.20. The molecule has 0 amide bonds. The molecule has 0 aliphatic carbocycles. The Morgan fingerprint density at radius 1 is 0.929 bits per heavy atom. The average Bonchev–Trinajstić information content (AvgIpc) is 2.29. The maximum atomic E-state index is 5.31. The quantitative estimate of drug-likeness (QED) is 0.643. The second-order valence-corrected chi connectivity index (χ2v) is 2.32. The predicted molar refractivity (Wildman–Crippen MR) is 67.0 cm³/mol. The molecule has 0 radical (unpaired) electrons. The van der Waals surface area contributed by atoms with Crippen LogP contribution in [-0.2, 0) is 4.74 Å². The zero-order valence-electron chi connectivity index (χ0n) is 11.2. The van der Waals surface area contributed by atoms with E-state index in [9.17, 15) is 0 Å². The lowest BCUT2D eigenvalue weighted by Crippen LogP contribution is -2.19. The monoisotopic (exact) mass is 205 g/mol. The summed E-state index contributed by atoms with van der Waals surface area (Å²) in [5.74, 6) is 0. The molecule has 0 aromatic carbocycles. The Hall–Kier alpha value is -0.0800. The molecule has 90 valence electrons. The van der Waals surface area contributed by atoms with E-state index in [1.54, 1.807) is 0 Å². The van der Waals surface area contributed by atoms with Crippen LogP contribution in [0.2, 0.25) is 0 Å². The molecule has 0 atom stereocenters. The van der Waals surface area contributed by atoms with E-state index >= 15 is 0 Å². The van der Waals surface area contributed by atoms with Gasteiger partial charge in [0.25, 0.3) is 0 Å². The molecule has 2 nitrogen and oxygen atoms in total. The van der Waals surface area contributed by atoms with Gasteiger partial charge >= 0.3 is 0 Å². The van der Waals surface area contributed by atoms with Gasteiger partial charge < -0.3 is 10.1 Å². The highest BCUT2D eigenvalue weighted by Gasteiger charge is 1.85. The number of hydrogen-bond acceptors (Lipinski definition) is 2. The van der Waals surface area contributed by atoms with Crippen LogP contribution in [0.3, 0.4) is 0 Å². The lowest BCUT2D eigenvalue weighted by molar-refractivity contribution is 0.133. The van der Waals surface area contributed by atoms with Crippen LogP contribution < -0.4 is 5.32 Å². The van der Waals surface area contributed by atoms with Crippen LogP contribution in [0.5, 0.6) is 0 Å². The molecule has 0 saturated heterocycles. The van der Waals surface area contributed by atoms with E-state index in [0.29, 0.717) is 0 Å². The molecule has 0 heterocycles. The minimum atomic E-state index is 0.855. The van der Waals surface area contributed by atoms with Crippen molar-refractivity contribution in [3.8, 4) is 0 Å². The molecular weight excluding hydrogens is 174 g/mol. The Balaban J connectivity index is -0.000000266. The van der Waals surface area contributed by atoms with Gasteiger partial charge in [0.05, 0.1) is 6.61 Å². The van der Waals surface area contributed by atoms with Crippen molar-refractivity contribution in [2.75, 3.05) is 26.3 Å². The van der Waals surface area contributed by atoms with Crippen LogP contribution in [-0.4, -0.2) is 26.3 Å². The van der Waals surface area contributed by atoms with Crippen molar-refractivity contribution in [1.82, 2.24) is 5.32 Å². The van der Waals surface area contributed by atoms with E-state index in [-0.39, 0.29) is 0 Å². The summed E-state index contributed by atoms with van der Waals surface area (Å²) in [5.41, 5.74) is 0. The largest absolute Gasteiger partial charge is 0.380 e. The van der Waals surface area contributed by atoms with Gasteiger partial charge in [0.2, 0.25) is 0 Å². The Labute approximate surface area is 91.4 Å². The van der Waals surface area contributed by atoms with Gasteiger partial charge in [-0.2, -0.15) is 0 Å². The Kier molecular flexibility index (Phi) is 40.7. The van der Waals surface area contributed by atoms with E-state index in [0.717, 1.165) is 26.3 Å². The van der Waals surface area contributed by atoms with E-state index in [2.05, 4.69) is 19.2 Å². The molecule has 0 spiro atoms. The molecule has 0 aromatic heterocycles. The van der Waals surface area contributed by atoms with Crippen molar-refractivity contribution in [1.29, 1.82) is 0 Å². The van der Waals surface area contributed by atoms with Gasteiger partial charge in [0.1, 0.15) is 0 Å². The number of unbranched alkanes of at least 4 members (excludes halogenated alkanes) is 1. The first-order valence-electron chi connectivity index (χ1n) is 6.20. The highest BCUT2D eigenvalue weighted by Crippen LogP contribution is 1.86. The third-order valence-electron chi connectivity index (χ3n) is 1.32. The number of ether oxygens (including phenoxy) is 1. The van der Waals surface area contributed by atoms with Crippen LogP contribution in [0.4, 0.5) is 0 Å². The first kappa shape index (κ1) is 19.5. The van der Waals surface area contributed by atoms with Gasteiger partial charge in [-0.3, -0.25) is 0 Å². The van der Waals surface area contributed by atoms with Crippen LogP contribution in [0.15, 0.2) is 0 Å². The molecule has 0 rings (SSSR count). The summed E-state index contributed by atoms with van der Waals surface area (Å²) in [7, 11) is 0. The maximum absolute atomic E-state index is 5.31. The SMILES string of the molecule is CC.CC.CCCCOCCNCC. The molecule has 0 fully saturated rings. The predicted octanol–water partition coefficient (Wildman–Crippen LogP) is 3.47. The second kappa shape index (κ2) is 29.3. The van der Waals surface area contributed by atoms with E-state index in [1.807, 2.05) is 27.7 Å². The van der Waals surface area contributed by atoms with Gasteiger partial charge in [-0.15, -0.1) is 0 Å². The fourth-order valence-electron chi connectivity index (χ4n) is 0.670. The minimum Gasteiger partial charge on any atom is -0.380 e. The molecular formula is C12H31NO. The topological polar surface area (TPSA) is 21.3 Å². The lowest BCUT2D eigenvalue weighted by Gasteiger charge is -2.02. The zero-order valence-corrected chi connectivity index (χ0v) is 11.2. The van der Waals surface area contributed by atoms with Gasteiger partial charge in [-0.05, 0) is 13.0 Å². The number of likely N-dealkylation sites (N-methyl/N-ethyl adjacent to an activating group) is 1. The van der Waals surface area contributed by atoms with E-state index in [1.165, 1.54) is 12.8 Å². The summed E-state index contributed by atoms with van der Waals surface area (Å²) in [4.78, 5) is 0. The van der Waals surface area contributed by atoms with Crippen molar-refractivity contribution in [3.05, 3.63) is 0 Å². The molecule has 14 heavy (non-hydrogen) atoms. The summed E-state index contributed by atoms with van der Waals surface area (Å²) in [5, 5.41) is 3.20. The molecule has 2 heteroatoms. The summed E-state index contributed by atoms with van der Waals surface area (Å²) >= 11 is 0. The van der Waals surface area contributed by atoms with Crippen molar-refractivity contribution in [2.45, 2.75) is 54.4 Å². The van der Waals surface area contributed by atoms with Gasteiger partial charge in [-0.1, -0.05) is 48.0 Å². The fourth-order valence-corrected chi connectivity index (χ4v) is 0.670. The van der Waals surface area contributed by atoms with Crippen molar-refractivity contribution >= 4 is 0 Å². The average molecular weight is 205 g/mol. The molecule has 0 aromatic rings. The third-order valence-corrected chi connectivity index (χ3v) is 1.32. The first-order chi connectivity index (χ1) is 6.91. The Bertz CT molecular complexity index is 50.3. The fraction of sp³-hybridized carbons (Fsp3) is 1.00. The minimum absolute atomic E-state index is 0.855. The van der Waals surface area contributed by atoms with E-state index in [4.69, 9.17) is 4.74 Å². The van der Waals surface area contributed by atoms with Crippen LogP contribution >= 0.6 is 0 Å². The summed E-state index contributed by atoms with van der Waals surface area (Å²) in [6.45, 7) is 16.1. The summed E-state index contributed by atoms with van der Waals surface area (Å²) < 4.78 is 5.31. The van der Waals surface area contributed by atoms with Crippen LogP contribution in [0.1, 0.15) is 54.4 Å². The number of nitrogens with one attached hydrogen (secondary N) is 1. The van der Waals surface area contributed by atoms with Gasteiger partial charge in [0, 0.05) is 13.2 Å². The van der Waals surface area contributed by atoms with Crippen LogP contribution in [0, 0.1) is 0 Å². The standard InChI is InChI=1S/C8H19NO.2C2H6/c1-3-5-7-10-8-6-9-4-2;2*1-2/h9H,3-8H2,1-2H3;2*1-2H3. The number of hydrogen-bond donors (Lipinski definition) is 1. The Morgan fingerprint density at radius 2 is 1.50 bits per heavy atom. The summed E-state index contributed by atoms with van der Waals surface area (Å²) in [6, 6.07) is 0. The van der Waals surface area contributed by atoms with Gasteiger partial charge in [0.15, 0.2) is 0 Å². The van der Waals surface area contributed by atoms with Crippen molar-refractivity contribution in [3.63, 3.8) is 0 Å². The van der Waals surface area contributed by atoms with E-state index < -0.39 is 0 Å². The summed E-state index contributed by atoms with van der Waals surface area (Å²) in [6.07, 6.45) is 2.41. The molecule has 0 aliphatic heterocycles. The molecule has 0 saturated carbocycles. The normalized spacial score (nSPS) is 8.14. The molecule has 0 aliphatic rings. The van der Waals surface area contributed by atoms with Crippen molar-refractivity contribution in [2.24, 2.45) is 0 Å². The van der Waals surface area contributed by atoms with Gasteiger partial charge in [-0.25, -0.2) is 0 Å². The molecule has 0 bridgehead atoms. The Morgan fingerprint density at radius 3 is 1.93 bits per heavy atom. The number of rotatable bonds is 7. The third kappa shape index (κ3) is 29.7. The van der Waals surface area contributed by atoms with Crippen molar-refractivity contribution < 1.29 is 4.74 Å².